The quantitative estimate of drug-likeness (QED) is 0.876. The number of rotatable bonds is 5. The maximum absolute atomic E-state index is 12.1. The zero-order valence-electron chi connectivity index (χ0n) is 10.8. The monoisotopic (exact) mass is 261 g/mol. The largest absolute Gasteiger partial charge is 0.496 e. The van der Waals surface area contributed by atoms with Crippen LogP contribution in [0.25, 0.3) is 0 Å². The molecule has 102 valence electrons. The van der Waals surface area contributed by atoms with Gasteiger partial charge in [0, 0.05) is 12.6 Å². The zero-order chi connectivity index (χ0) is 13.8. The predicted octanol–water partition coefficient (Wildman–Crippen LogP) is 3.43. The van der Waals surface area contributed by atoms with Crippen molar-refractivity contribution < 1.29 is 17.9 Å². The Bertz CT molecular complexity index is 390. The molecule has 1 rings (SSSR count). The second kappa shape index (κ2) is 6.09. The summed E-state index contributed by atoms with van der Waals surface area (Å²) in [7, 11) is 1.59. The van der Waals surface area contributed by atoms with Crippen LogP contribution in [-0.4, -0.2) is 19.3 Å². The Morgan fingerprint density at radius 3 is 2.50 bits per heavy atom. The summed E-state index contributed by atoms with van der Waals surface area (Å²) in [6.07, 6.45) is -4.94. The lowest BCUT2D eigenvalue weighted by Crippen LogP contribution is -2.30. The van der Waals surface area contributed by atoms with Crippen LogP contribution in [0.4, 0.5) is 13.2 Å². The summed E-state index contributed by atoms with van der Waals surface area (Å²) in [4.78, 5) is 0. The standard InChI is InChI=1S/C13H18F3NO/c1-9-6-11(4-5-12(9)18-3)8-17-10(2)7-13(14,15)16/h4-6,10,17H,7-8H2,1-3H3. The molecule has 1 aromatic carbocycles. The SMILES string of the molecule is COc1ccc(CNC(C)CC(F)(F)F)cc1C. The summed E-state index contributed by atoms with van der Waals surface area (Å²) in [5, 5.41) is 2.86. The highest BCUT2D eigenvalue weighted by Gasteiger charge is 2.29. The zero-order valence-corrected chi connectivity index (χ0v) is 10.8. The number of halogens is 3. The Morgan fingerprint density at radius 1 is 1.33 bits per heavy atom. The van der Waals surface area contributed by atoms with Crippen LogP contribution in [0.2, 0.25) is 0 Å². The van der Waals surface area contributed by atoms with Gasteiger partial charge in [-0.05, 0) is 31.0 Å². The lowest BCUT2D eigenvalue weighted by Gasteiger charge is -2.16. The first-order chi connectivity index (χ1) is 8.31. The van der Waals surface area contributed by atoms with Gasteiger partial charge in [0.05, 0.1) is 13.5 Å². The number of aryl methyl sites for hydroxylation is 1. The minimum absolute atomic E-state index is 0.419. The van der Waals surface area contributed by atoms with Crippen molar-refractivity contribution in [2.75, 3.05) is 7.11 Å². The van der Waals surface area contributed by atoms with Gasteiger partial charge in [-0.1, -0.05) is 12.1 Å². The fourth-order valence-electron chi connectivity index (χ4n) is 1.76. The average Bonchev–Trinajstić information content (AvgIpc) is 2.24. The third kappa shape index (κ3) is 4.96. The van der Waals surface area contributed by atoms with E-state index in [1.54, 1.807) is 7.11 Å². The smallest absolute Gasteiger partial charge is 0.390 e. The van der Waals surface area contributed by atoms with Crippen LogP contribution in [0.1, 0.15) is 24.5 Å². The second-order valence-electron chi connectivity index (χ2n) is 4.41. The Balaban J connectivity index is 2.51. The summed E-state index contributed by atoms with van der Waals surface area (Å²) >= 11 is 0. The molecule has 0 saturated carbocycles. The molecule has 0 amide bonds. The molecule has 1 atom stereocenters. The van der Waals surface area contributed by atoms with E-state index < -0.39 is 18.6 Å². The third-order valence-electron chi connectivity index (χ3n) is 2.65. The first kappa shape index (κ1) is 14.8. The van der Waals surface area contributed by atoms with Crippen LogP contribution in [0, 0.1) is 6.92 Å². The molecule has 0 heterocycles. The van der Waals surface area contributed by atoms with E-state index in [0.717, 1.165) is 16.9 Å². The fraction of sp³-hybridized carbons (Fsp3) is 0.538. The molecule has 1 unspecified atom stereocenters. The highest BCUT2D eigenvalue weighted by molar-refractivity contribution is 5.36. The van der Waals surface area contributed by atoms with Gasteiger partial charge < -0.3 is 10.1 Å². The Kier molecular flexibility index (Phi) is 5.02. The van der Waals surface area contributed by atoms with Crippen LogP contribution in [0.3, 0.4) is 0 Å². The van der Waals surface area contributed by atoms with E-state index >= 15 is 0 Å². The van der Waals surface area contributed by atoms with Gasteiger partial charge in [-0.2, -0.15) is 13.2 Å². The van der Waals surface area contributed by atoms with Gasteiger partial charge in [0.15, 0.2) is 0 Å². The maximum atomic E-state index is 12.1. The molecular weight excluding hydrogens is 243 g/mol. The molecule has 0 aliphatic carbocycles. The number of ether oxygens (including phenoxy) is 1. The van der Waals surface area contributed by atoms with Gasteiger partial charge in [0.1, 0.15) is 5.75 Å². The van der Waals surface area contributed by atoms with Crippen LogP contribution >= 0.6 is 0 Å². The highest BCUT2D eigenvalue weighted by Crippen LogP contribution is 2.22. The molecule has 0 aliphatic heterocycles. The minimum atomic E-state index is -4.12. The molecule has 0 bridgehead atoms. The van der Waals surface area contributed by atoms with E-state index in [2.05, 4.69) is 5.32 Å². The molecule has 0 aromatic heterocycles. The van der Waals surface area contributed by atoms with Crippen molar-refractivity contribution in [3.63, 3.8) is 0 Å². The Hall–Kier alpha value is -1.23. The van der Waals surface area contributed by atoms with Gasteiger partial charge in [0.25, 0.3) is 0 Å². The molecule has 18 heavy (non-hydrogen) atoms. The van der Waals surface area contributed by atoms with Gasteiger partial charge in [0.2, 0.25) is 0 Å². The first-order valence-corrected chi connectivity index (χ1v) is 5.75. The molecule has 5 heteroatoms. The third-order valence-corrected chi connectivity index (χ3v) is 2.65. The molecule has 0 spiro atoms. The van der Waals surface area contributed by atoms with E-state index in [4.69, 9.17) is 4.74 Å². The van der Waals surface area contributed by atoms with Crippen molar-refractivity contribution in [1.82, 2.24) is 5.32 Å². The van der Waals surface area contributed by atoms with E-state index in [-0.39, 0.29) is 0 Å². The van der Waals surface area contributed by atoms with E-state index in [1.807, 2.05) is 25.1 Å². The van der Waals surface area contributed by atoms with Gasteiger partial charge >= 0.3 is 6.18 Å². The van der Waals surface area contributed by atoms with Crippen LogP contribution in [0.15, 0.2) is 18.2 Å². The molecule has 2 nitrogen and oxygen atoms in total. The van der Waals surface area contributed by atoms with Crippen molar-refractivity contribution in [2.45, 2.75) is 39.0 Å². The number of methoxy groups -OCH3 is 1. The van der Waals surface area contributed by atoms with Crippen LogP contribution in [-0.2, 0) is 6.54 Å². The number of benzene rings is 1. The molecular formula is C13H18F3NO. The van der Waals surface area contributed by atoms with E-state index in [9.17, 15) is 13.2 Å². The summed E-state index contributed by atoms with van der Waals surface area (Å²) in [5.41, 5.74) is 1.92. The molecule has 1 N–H and O–H groups in total. The topological polar surface area (TPSA) is 21.3 Å². The lowest BCUT2D eigenvalue weighted by molar-refractivity contribution is -0.139. The average molecular weight is 261 g/mol. The second-order valence-corrected chi connectivity index (χ2v) is 4.41. The van der Waals surface area contributed by atoms with E-state index in [0.29, 0.717) is 6.54 Å². The van der Waals surface area contributed by atoms with Crippen molar-refractivity contribution >= 4 is 0 Å². The number of hydrogen-bond acceptors (Lipinski definition) is 2. The summed E-state index contributed by atoms with van der Waals surface area (Å²) in [6.45, 7) is 3.85. The molecule has 1 aromatic rings. The molecule has 0 fully saturated rings. The van der Waals surface area contributed by atoms with Gasteiger partial charge in [-0.3, -0.25) is 0 Å². The van der Waals surface area contributed by atoms with Gasteiger partial charge in [-0.15, -0.1) is 0 Å². The molecule has 0 radical (unpaired) electrons. The van der Waals surface area contributed by atoms with Crippen molar-refractivity contribution in [1.29, 1.82) is 0 Å². The van der Waals surface area contributed by atoms with Crippen molar-refractivity contribution in [3.05, 3.63) is 29.3 Å². The summed E-state index contributed by atoms with van der Waals surface area (Å²) < 4.78 is 41.5. The minimum Gasteiger partial charge on any atom is -0.496 e. The number of nitrogens with one attached hydrogen (secondary N) is 1. The Labute approximate surface area is 105 Å². The fourth-order valence-corrected chi connectivity index (χ4v) is 1.76. The lowest BCUT2D eigenvalue weighted by atomic mass is 10.1. The number of alkyl halides is 3. The number of hydrogen-bond donors (Lipinski definition) is 1. The van der Waals surface area contributed by atoms with Crippen LogP contribution in [0.5, 0.6) is 5.75 Å². The highest BCUT2D eigenvalue weighted by atomic mass is 19.4. The Morgan fingerprint density at radius 2 is 2.00 bits per heavy atom. The van der Waals surface area contributed by atoms with Gasteiger partial charge in [-0.25, -0.2) is 0 Å². The maximum Gasteiger partial charge on any atom is 0.390 e. The first-order valence-electron chi connectivity index (χ1n) is 5.75. The van der Waals surface area contributed by atoms with Crippen molar-refractivity contribution in [2.24, 2.45) is 0 Å². The summed E-state index contributed by atoms with van der Waals surface area (Å²) in [6, 6.07) is 4.99. The summed E-state index contributed by atoms with van der Waals surface area (Å²) in [5.74, 6) is 0.780. The molecule has 0 aliphatic rings. The normalized spacial score (nSPS) is 13.4. The van der Waals surface area contributed by atoms with E-state index in [1.165, 1.54) is 6.92 Å². The molecule has 0 saturated heterocycles. The van der Waals surface area contributed by atoms with Crippen molar-refractivity contribution in [3.8, 4) is 5.75 Å². The predicted molar refractivity (Wildman–Crippen MR) is 64.7 cm³/mol. The van der Waals surface area contributed by atoms with Crippen LogP contribution < -0.4 is 10.1 Å².